The number of benzene rings is 1. The molecule has 2 fully saturated rings. The molecule has 2 heteroatoms. The molecular formula is C21H35NP+. The predicted molar refractivity (Wildman–Crippen MR) is 107 cm³/mol. The van der Waals surface area contributed by atoms with Gasteiger partial charge >= 0.3 is 0 Å². The van der Waals surface area contributed by atoms with Crippen molar-refractivity contribution in [1.29, 1.82) is 0 Å². The highest BCUT2D eigenvalue weighted by Crippen LogP contribution is 2.68. The fourth-order valence-corrected chi connectivity index (χ4v) is 10.1. The molecule has 0 amide bonds. The van der Waals surface area contributed by atoms with Gasteiger partial charge in [0.1, 0.15) is 0 Å². The summed E-state index contributed by atoms with van der Waals surface area (Å²) in [4.78, 5) is 2.22. The van der Waals surface area contributed by atoms with Gasteiger partial charge in [-0.25, -0.2) is 0 Å². The van der Waals surface area contributed by atoms with E-state index in [1.54, 1.807) is 5.30 Å². The summed E-state index contributed by atoms with van der Waals surface area (Å²) in [5.41, 5.74) is 3.35. The topological polar surface area (TPSA) is 3.24 Å². The van der Waals surface area contributed by atoms with Crippen LogP contribution in [0.3, 0.4) is 0 Å². The summed E-state index contributed by atoms with van der Waals surface area (Å²) < 4.78 is 0. The molecule has 0 bridgehead atoms. The van der Waals surface area contributed by atoms with Crippen molar-refractivity contribution in [1.82, 2.24) is 0 Å². The molecule has 1 nitrogen and oxygen atoms in total. The van der Waals surface area contributed by atoms with Gasteiger partial charge in [-0.05, 0) is 75.6 Å². The van der Waals surface area contributed by atoms with Gasteiger partial charge in [-0.15, -0.1) is 0 Å². The SMILES string of the molecule is CN(C)c1ccc([P+](C)(C2CCCCC2)C2CCCCC2)cc1. The second-order valence-corrected chi connectivity index (χ2v) is 12.4. The summed E-state index contributed by atoms with van der Waals surface area (Å²) in [6, 6.07) is 9.71. The molecule has 2 saturated carbocycles. The Morgan fingerprint density at radius 1 is 0.739 bits per heavy atom. The molecule has 0 unspecified atom stereocenters. The first-order chi connectivity index (χ1) is 11.1. The Balaban J connectivity index is 1.92. The highest BCUT2D eigenvalue weighted by atomic mass is 31.2. The van der Waals surface area contributed by atoms with E-state index in [0.717, 1.165) is 11.3 Å². The molecule has 0 spiro atoms. The Morgan fingerprint density at radius 3 is 1.57 bits per heavy atom. The van der Waals surface area contributed by atoms with E-state index in [2.05, 4.69) is 49.9 Å². The van der Waals surface area contributed by atoms with Gasteiger partial charge in [0.25, 0.3) is 0 Å². The minimum Gasteiger partial charge on any atom is -0.378 e. The van der Waals surface area contributed by atoms with E-state index in [9.17, 15) is 0 Å². The van der Waals surface area contributed by atoms with E-state index < -0.39 is 7.26 Å². The molecule has 0 N–H and O–H groups in total. The Hall–Kier alpha value is -0.550. The number of hydrogen-bond acceptors (Lipinski definition) is 1. The van der Waals surface area contributed by atoms with Crippen LogP contribution in [-0.4, -0.2) is 32.1 Å². The molecule has 128 valence electrons. The lowest BCUT2D eigenvalue weighted by molar-refractivity contribution is 0.482. The maximum atomic E-state index is 2.73. The van der Waals surface area contributed by atoms with Gasteiger partial charge in [-0.3, -0.25) is 0 Å². The molecule has 1 aromatic carbocycles. The van der Waals surface area contributed by atoms with Gasteiger partial charge < -0.3 is 4.90 Å². The maximum absolute atomic E-state index is 2.73. The third kappa shape index (κ3) is 3.60. The lowest BCUT2D eigenvalue weighted by atomic mass is 9.99. The highest BCUT2D eigenvalue weighted by Gasteiger charge is 2.49. The largest absolute Gasteiger partial charge is 0.378 e. The predicted octanol–water partition coefficient (Wildman–Crippen LogP) is 5.69. The zero-order chi connectivity index (χ0) is 16.3. The zero-order valence-electron chi connectivity index (χ0n) is 15.4. The number of rotatable bonds is 4. The van der Waals surface area contributed by atoms with Crippen LogP contribution < -0.4 is 10.2 Å². The summed E-state index contributed by atoms with van der Waals surface area (Å²) in [6.07, 6.45) is 14.8. The molecule has 2 aliphatic carbocycles. The normalized spacial score (nSPS) is 21.3. The number of anilines is 1. The van der Waals surface area contributed by atoms with Crippen molar-refractivity contribution in [3.05, 3.63) is 24.3 Å². The fourth-order valence-electron chi connectivity index (χ4n) is 5.03. The third-order valence-corrected chi connectivity index (χ3v) is 12.1. The van der Waals surface area contributed by atoms with E-state index in [0.29, 0.717) is 0 Å². The molecule has 0 radical (unpaired) electrons. The lowest BCUT2D eigenvalue weighted by Gasteiger charge is -2.41. The lowest BCUT2D eigenvalue weighted by Crippen LogP contribution is -2.34. The molecule has 0 aliphatic heterocycles. The summed E-state index contributed by atoms with van der Waals surface area (Å²) in [5.74, 6) is 0. The van der Waals surface area contributed by atoms with E-state index >= 15 is 0 Å². The molecule has 3 rings (SSSR count). The van der Waals surface area contributed by atoms with Crippen LogP contribution in [0.1, 0.15) is 64.2 Å². The van der Waals surface area contributed by atoms with Crippen LogP contribution in [0.25, 0.3) is 0 Å². The smallest absolute Gasteiger partial charge is 0.0943 e. The van der Waals surface area contributed by atoms with Gasteiger partial charge in [0, 0.05) is 19.8 Å². The maximum Gasteiger partial charge on any atom is 0.0943 e. The first-order valence-corrected chi connectivity index (χ1v) is 12.1. The minimum absolute atomic E-state index is 1.00. The van der Waals surface area contributed by atoms with E-state index in [-0.39, 0.29) is 0 Å². The van der Waals surface area contributed by atoms with Gasteiger partial charge in [0.05, 0.1) is 30.5 Å². The summed E-state index contributed by atoms with van der Waals surface area (Å²) in [6.45, 7) is 2.73. The Morgan fingerprint density at radius 2 is 1.17 bits per heavy atom. The van der Waals surface area contributed by atoms with E-state index in [4.69, 9.17) is 0 Å². The highest BCUT2D eigenvalue weighted by molar-refractivity contribution is 7.83. The molecule has 0 heterocycles. The van der Waals surface area contributed by atoms with Crippen LogP contribution in [0.2, 0.25) is 0 Å². The molecular weight excluding hydrogens is 297 g/mol. The standard InChI is InChI=1S/C21H35NP/c1-22(2)18-14-16-21(17-15-18)23(3,19-10-6-4-7-11-19)20-12-8-5-9-13-20/h14-17,19-20H,4-13H2,1-3H3/q+1. The Labute approximate surface area is 144 Å². The first kappa shape index (κ1) is 17.3. The van der Waals surface area contributed by atoms with Crippen LogP contribution >= 0.6 is 7.26 Å². The molecule has 23 heavy (non-hydrogen) atoms. The van der Waals surface area contributed by atoms with Crippen molar-refractivity contribution in [2.24, 2.45) is 0 Å². The average molecular weight is 332 g/mol. The fraction of sp³-hybridized carbons (Fsp3) is 0.714. The van der Waals surface area contributed by atoms with E-state index in [1.165, 1.54) is 69.9 Å². The van der Waals surface area contributed by atoms with Crippen LogP contribution in [0.15, 0.2) is 24.3 Å². The Bertz CT molecular complexity index is 463. The zero-order valence-corrected chi connectivity index (χ0v) is 16.3. The van der Waals surface area contributed by atoms with Gasteiger partial charge in [-0.1, -0.05) is 12.8 Å². The number of hydrogen-bond donors (Lipinski definition) is 0. The summed E-state index contributed by atoms with van der Waals surface area (Å²) in [5, 5.41) is 1.72. The van der Waals surface area contributed by atoms with Crippen molar-refractivity contribution in [2.75, 3.05) is 25.7 Å². The monoisotopic (exact) mass is 332 g/mol. The molecule has 0 aromatic heterocycles. The first-order valence-electron chi connectivity index (χ1n) is 9.76. The van der Waals surface area contributed by atoms with Crippen LogP contribution in [0.5, 0.6) is 0 Å². The van der Waals surface area contributed by atoms with Crippen LogP contribution in [-0.2, 0) is 0 Å². The van der Waals surface area contributed by atoms with Crippen molar-refractivity contribution in [2.45, 2.75) is 75.5 Å². The van der Waals surface area contributed by atoms with Crippen LogP contribution in [0, 0.1) is 0 Å². The summed E-state index contributed by atoms with van der Waals surface area (Å²) in [7, 11) is 3.25. The van der Waals surface area contributed by atoms with Gasteiger partial charge in [-0.2, -0.15) is 0 Å². The van der Waals surface area contributed by atoms with Crippen molar-refractivity contribution in [3.8, 4) is 0 Å². The second kappa shape index (κ2) is 7.56. The van der Waals surface area contributed by atoms with Gasteiger partial charge in [0.15, 0.2) is 0 Å². The van der Waals surface area contributed by atoms with Crippen molar-refractivity contribution in [3.63, 3.8) is 0 Å². The quantitative estimate of drug-likeness (QED) is 0.640. The second-order valence-electron chi connectivity index (χ2n) is 8.14. The van der Waals surface area contributed by atoms with Crippen molar-refractivity contribution < 1.29 is 0 Å². The molecule has 0 saturated heterocycles. The number of nitrogens with zero attached hydrogens (tertiary/aromatic N) is 1. The van der Waals surface area contributed by atoms with Crippen molar-refractivity contribution >= 4 is 18.3 Å². The summed E-state index contributed by atoms with van der Waals surface area (Å²) >= 11 is 0. The van der Waals surface area contributed by atoms with E-state index in [1.807, 2.05) is 0 Å². The molecule has 1 aromatic rings. The van der Waals surface area contributed by atoms with Crippen LogP contribution in [0.4, 0.5) is 5.69 Å². The average Bonchev–Trinajstić information content (AvgIpc) is 2.62. The molecule has 2 aliphatic rings. The minimum atomic E-state index is -1.04. The third-order valence-electron chi connectivity index (χ3n) is 6.59. The Kier molecular flexibility index (Phi) is 5.68. The van der Waals surface area contributed by atoms with Gasteiger partial charge in [0.2, 0.25) is 0 Å². The molecule has 0 atom stereocenters.